The van der Waals surface area contributed by atoms with Crippen molar-refractivity contribution in [3.05, 3.63) is 35.3 Å². The highest BCUT2D eigenvalue weighted by Crippen LogP contribution is 2.46. The Morgan fingerprint density at radius 3 is 2.88 bits per heavy atom. The van der Waals surface area contributed by atoms with Crippen LogP contribution >= 0.6 is 0 Å². The molecule has 0 fully saturated rings. The number of furan rings is 1. The molecule has 1 heteroatoms. The number of allylic oxidation sites excluding steroid dienone is 1. The summed E-state index contributed by atoms with van der Waals surface area (Å²) in [7, 11) is 0. The lowest BCUT2D eigenvalue weighted by Crippen LogP contribution is -2.35. The van der Waals surface area contributed by atoms with Gasteiger partial charge in [0.1, 0.15) is 5.76 Å². The lowest BCUT2D eigenvalue weighted by molar-refractivity contribution is 0.174. The summed E-state index contributed by atoms with van der Waals surface area (Å²) in [6.07, 6.45) is 5.26. The Morgan fingerprint density at radius 2 is 2.31 bits per heavy atom. The fourth-order valence-electron chi connectivity index (χ4n) is 3.03. The van der Waals surface area contributed by atoms with Gasteiger partial charge in [0.25, 0.3) is 0 Å². The van der Waals surface area contributed by atoms with Gasteiger partial charge in [0.2, 0.25) is 0 Å². The summed E-state index contributed by atoms with van der Waals surface area (Å²) in [6, 6.07) is 0. The molecule has 0 bridgehead atoms. The standard InChI is InChI=1S/C15H22O/c1-6-15(5)8-14-12(11(4)9-16-14)7-13(15)10(2)3/h9,13H,2,6-8H2,1,3-5H3/t13-,15-/m1/s1. The Morgan fingerprint density at radius 1 is 1.62 bits per heavy atom. The van der Waals surface area contributed by atoms with Crippen molar-refractivity contribution in [2.45, 2.75) is 47.0 Å². The Kier molecular flexibility index (Phi) is 2.73. The minimum atomic E-state index is 0.323. The highest BCUT2D eigenvalue weighted by molar-refractivity contribution is 5.33. The minimum Gasteiger partial charge on any atom is -0.469 e. The molecule has 1 aliphatic rings. The van der Waals surface area contributed by atoms with Crippen molar-refractivity contribution in [3.8, 4) is 0 Å². The number of rotatable bonds is 2. The van der Waals surface area contributed by atoms with Crippen LogP contribution in [0.1, 0.15) is 44.1 Å². The predicted molar refractivity (Wildman–Crippen MR) is 67.6 cm³/mol. The van der Waals surface area contributed by atoms with Crippen LogP contribution in [0.25, 0.3) is 0 Å². The third-order valence-corrected chi connectivity index (χ3v) is 4.41. The van der Waals surface area contributed by atoms with Crippen LogP contribution in [0.2, 0.25) is 0 Å². The first-order chi connectivity index (χ1) is 7.48. The monoisotopic (exact) mass is 218 g/mol. The zero-order valence-electron chi connectivity index (χ0n) is 10.9. The molecular weight excluding hydrogens is 196 g/mol. The summed E-state index contributed by atoms with van der Waals surface area (Å²) in [5, 5.41) is 0. The summed E-state index contributed by atoms with van der Waals surface area (Å²) < 4.78 is 5.68. The van der Waals surface area contributed by atoms with Gasteiger partial charge in [-0.3, -0.25) is 0 Å². The van der Waals surface area contributed by atoms with E-state index in [1.165, 1.54) is 28.9 Å². The molecule has 0 unspecified atom stereocenters. The van der Waals surface area contributed by atoms with Crippen LogP contribution in [0.4, 0.5) is 0 Å². The summed E-state index contributed by atoms with van der Waals surface area (Å²) in [5.41, 5.74) is 4.37. The summed E-state index contributed by atoms with van der Waals surface area (Å²) >= 11 is 0. The summed E-state index contributed by atoms with van der Waals surface area (Å²) in [6.45, 7) is 13.1. The van der Waals surface area contributed by atoms with E-state index in [9.17, 15) is 0 Å². The lowest BCUT2D eigenvalue weighted by Gasteiger charge is -2.41. The van der Waals surface area contributed by atoms with Gasteiger partial charge in [-0.25, -0.2) is 0 Å². The maximum atomic E-state index is 5.68. The van der Waals surface area contributed by atoms with Crippen LogP contribution < -0.4 is 0 Å². The van der Waals surface area contributed by atoms with Crippen molar-refractivity contribution >= 4 is 0 Å². The second kappa shape index (κ2) is 3.80. The van der Waals surface area contributed by atoms with Crippen LogP contribution in [0, 0.1) is 18.3 Å². The molecule has 2 atom stereocenters. The van der Waals surface area contributed by atoms with Gasteiger partial charge in [0, 0.05) is 6.42 Å². The molecular formula is C15H22O. The first-order valence-corrected chi connectivity index (χ1v) is 6.19. The van der Waals surface area contributed by atoms with E-state index >= 15 is 0 Å². The van der Waals surface area contributed by atoms with Gasteiger partial charge < -0.3 is 4.42 Å². The van der Waals surface area contributed by atoms with Gasteiger partial charge in [-0.15, -0.1) is 0 Å². The van der Waals surface area contributed by atoms with E-state index in [-0.39, 0.29) is 0 Å². The third-order valence-electron chi connectivity index (χ3n) is 4.41. The number of aryl methyl sites for hydroxylation is 1. The minimum absolute atomic E-state index is 0.323. The maximum absolute atomic E-state index is 5.68. The highest BCUT2D eigenvalue weighted by atomic mass is 16.3. The lowest BCUT2D eigenvalue weighted by atomic mass is 9.63. The van der Waals surface area contributed by atoms with Crippen molar-refractivity contribution < 1.29 is 4.42 Å². The van der Waals surface area contributed by atoms with Crippen molar-refractivity contribution in [3.63, 3.8) is 0 Å². The van der Waals surface area contributed by atoms with Gasteiger partial charge in [-0.2, -0.15) is 0 Å². The molecule has 2 rings (SSSR count). The highest BCUT2D eigenvalue weighted by Gasteiger charge is 2.39. The topological polar surface area (TPSA) is 13.1 Å². The van der Waals surface area contributed by atoms with Crippen molar-refractivity contribution in [2.24, 2.45) is 11.3 Å². The fourth-order valence-corrected chi connectivity index (χ4v) is 3.03. The van der Waals surface area contributed by atoms with Crippen LogP contribution in [0.5, 0.6) is 0 Å². The molecule has 0 amide bonds. The molecule has 0 aromatic carbocycles. The summed E-state index contributed by atoms with van der Waals surface area (Å²) in [5.74, 6) is 1.81. The molecule has 0 N–H and O–H groups in total. The van der Waals surface area contributed by atoms with E-state index in [1.807, 2.05) is 6.26 Å². The largest absolute Gasteiger partial charge is 0.469 e. The van der Waals surface area contributed by atoms with Crippen LogP contribution in [-0.2, 0) is 12.8 Å². The Bertz CT molecular complexity index is 413. The van der Waals surface area contributed by atoms with E-state index in [2.05, 4.69) is 34.3 Å². The second-order valence-corrected chi connectivity index (χ2v) is 5.61. The number of hydrogen-bond acceptors (Lipinski definition) is 1. The number of hydrogen-bond donors (Lipinski definition) is 0. The zero-order valence-corrected chi connectivity index (χ0v) is 10.9. The Labute approximate surface area is 98.5 Å². The molecule has 88 valence electrons. The van der Waals surface area contributed by atoms with Crippen LogP contribution in [0.15, 0.2) is 22.8 Å². The fraction of sp³-hybridized carbons (Fsp3) is 0.600. The molecule has 0 saturated carbocycles. The second-order valence-electron chi connectivity index (χ2n) is 5.61. The molecule has 1 aliphatic carbocycles. The van der Waals surface area contributed by atoms with E-state index in [4.69, 9.17) is 4.42 Å². The Balaban J connectivity index is 2.42. The van der Waals surface area contributed by atoms with Gasteiger partial charge in [-0.05, 0) is 49.1 Å². The van der Waals surface area contributed by atoms with E-state index in [0.717, 1.165) is 12.8 Å². The normalized spacial score (nSPS) is 28.9. The Hall–Kier alpha value is -0.980. The SMILES string of the molecule is C=C(C)[C@H]1Cc2c(C)coc2C[C@@]1(C)CC. The van der Waals surface area contributed by atoms with Gasteiger partial charge >= 0.3 is 0 Å². The van der Waals surface area contributed by atoms with Gasteiger partial charge in [-0.1, -0.05) is 26.0 Å². The molecule has 1 aromatic rings. The molecule has 1 aromatic heterocycles. The van der Waals surface area contributed by atoms with Crippen molar-refractivity contribution in [2.75, 3.05) is 0 Å². The van der Waals surface area contributed by atoms with Crippen LogP contribution in [-0.4, -0.2) is 0 Å². The van der Waals surface area contributed by atoms with Gasteiger partial charge in [0.05, 0.1) is 6.26 Å². The van der Waals surface area contributed by atoms with E-state index < -0.39 is 0 Å². The molecule has 0 spiro atoms. The van der Waals surface area contributed by atoms with Crippen molar-refractivity contribution in [1.82, 2.24) is 0 Å². The first kappa shape index (κ1) is 11.5. The molecule has 1 nitrogen and oxygen atoms in total. The smallest absolute Gasteiger partial charge is 0.107 e. The molecule has 0 radical (unpaired) electrons. The average Bonchev–Trinajstić information content (AvgIpc) is 2.58. The van der Waals surface area contributed by atoms with Crippen LogP contribution in [0.3, 0.4) is 0 Å². The maximum Gasteiger partial charge on any atom is 0.107 e. The molecule has 0 aliphatic heterocycles. The summed E-state index contributed by atoms with van der Waals surface area (Å²) in [4.78, 5) is 0. The number of fused-ring (bicyclic) bond motifs is 1. The van der Waals surface area contributed by atoms with E-state index in [0.29, 0.717) is 11.3 Å². The quantitative estimate of drug-likeness (QED) is 0.675. The third kappa shape index (κ3) is 1.63. The average molecular weight is 218 g/mol. The van der Waals surface area contributed by atoms with Gasteiger partial charge in [0.15, 0.2) is 0 Å². The van der Waals surface area contributed by atoms with Crippen molar-refractivity contribution in [1.29, 1.82) is 0 Å². The first-order valence-electron chi connectivity index (χ1n) is 6.19. The molecule has 1 heterocycles. The molecule has 16 heavy (non-hydrogen) atoms. The molecule has 0 saturated heterocycles. The predicted octanol–water partition coefficient (Wildman–Crippen LogP) is 4.30. The zero-order chi connectivity index (χ0) is 11.9. The van der Waals surface area contributed by atoms with E-state index in [1.54, 1.807) is 0 Å².